The van der Waals surface area contributed by atoms with Crippen molar-refractivity contribution >= 4 is 0 Å². The number of nitriles is 1. The molecule has 1 aliphatic heterocycles. The standard InChI is InChI=1S/C19H19NO5/c1-21-10-13-7-18-19(25-11-24-18)8-14(13)15(9-20)12-4-5-16(22-2)17(6-12)23-3/h4-8,15H,10-11H2,1-3H3. The van der Waals surface area contributed by atoms with Crippen LogP contribution in [0.15, 0.2) is 30.3 Å². The van der Waals surface area contributed by atoms with Gasteiger partial charge in [0.15, 0.2) is 23.0 Å². The van der Waals surface area contributed by atoms with Crippen LogP contribution in [0.3, 0.4) is 0 Å². The van der Waals surface area contributed by atoms with Crippen LogP contribution in [-0.4, -0.2) is 28.1 Å². The Morgan fingerprint density at radius 2 is 1.76 bits per heavy atom. The molecule has 2 aromatic rings. The van der Waals surface area contributed by atoms with Gasteiger partial charge in [-0.05, 0) is 41.0 Å². The summed E-state index contributed by atoms with van der Waals surface area (Å²) in [6, 6.07) is 11.5. The highest BCUT2D eigenvalue weighted by atomic mass is 16.7. The van der Waals surface area contributed by atoms with Crippen molar-refractivity contribution in [3.63, 3.8) is 0 Å². The molecule has 0 amide bonds. The zero-order valence-corrected chi connectivity index (χ0v) is 14.4. The molecule has 0 N–H and O–H groups in total. The fourth-order valence-electron chi connectivity index (χ4n) is 2.91. The number of fused-ring (bicyclic) bond motifs is 1. The maximum Gasteiger partial charge on any atom is 0.231 e. The van der Waals surface area contributed by atoms with Gasteiger partial charge in [0.05, 0.1) is 32.8 Å². The third kappa shape index (κ3) is 3.19. The van der Waals surface area contributed by atoms with E-state index in [1.54, 1.807) is 27.4 Å². The van der Waals surface area contributed by atoms with Crippen LogP contribution >= 0.6 is 0 Å². The lowest BCUT2D eigenvalue weighted by molar-refractivity contribution is 0.173. The molecular formula is C19H19NO5. The number of methoxy groups -OCH3 is 3. The number of hydrogen-bond donors (Lipinski definition) is 0. The molecule has 0 spiro atoms. The van der Waals surface area contributed by atoms with Gasteiger partial charge in [-0.3, -0.25) is 0 Å². The zero-order valence-electron chi connectivity index (χ0n) is 14.4. The first-order valence-corrected chi connectivity index (χ1v) is 7.74. The summed E-state index contributed by atoms with van der Waals surface area (Å²) >= 11 is 0. The highest BCUT2D eigenvalue weighted by Crippen LogP contribution is 2.40. The van der Waals surface area contributed by atoms with E-state index in [2.05, 4.69) is 6.07 Å². The molecule has 0 saturated heterocycles. The van der Waals surface area contributed by atoms with Gasteiger partial charge in [0.1, 0.15) is 0 Å². The molecule has 2 aromatic carbocycles. The van der Waals surface area contributed by atoms with Crippen LogP contribution < -0.4 is 18.9 Å². The maximum atomic E-state index is 9.83. The predicted octanol–water partition coefficient (Wildman–Crippen LogP) is 3.23. The molecule has 1 atom stereocenters. The smallest absolute Gasteiger partial charge is 0.231 e. The fourth-order valence-corrected chi connectivity index (χ4v) is 2.91. The van der Waals surface area contributed by atoms with Crippen molar-refractivity contribution in [1.29, 1.82) is 5.26 Å². The van der Waals surface area contributed by atoms with Gasteiger partial charge in [0, 0.05) is 7.11 Å². The topological polar surface area (TPSA) is 69.9 Å². The molecule has 1 aliphatic rings. The van der Waals surface area contributed by atoms with Crippen LogP contribution in [0.5, 0.6) is 23.0 Å². The first kappa shape index (κ1) is 16.9. The van der Waals surface area contributed by atoms with Crippen molar-refractivity contribution in [2.24, 2.45) is 0 Å². The maximum absolute atomic E-state index is 9.83. The molecule has 3 rings (SSSR count). The minimum absolute atomic E-state index is 0.179. The SMILES string of the molecule is COCc1cc2c(cc1C(C#N)c1ccc(OC)c(OC)c1)OCO2. The summed E-state index contributed by atoms with van der Waals surface area (Å²) in [6.45, 7) is 0.552. The Balaban J connectivity index is 2.08. The summed E-state index contributed by atoms with van der Waals surface area (Å²) in [5.41, 5.74) is 2.50. The van der Waals surface area contributed by atoms with Crippen molar-refractivity contribution in [2.75, 3.05) is 28.1 Å². The van der Waals surface area contributed by atoms with Gasteiger partial charge in [-0.1, -0.05) is 6.07 Å². The average molecular weight is 341 g/mol. The Labute approximate surface area is 146 Å². The summed E-state index contributed by atoms with van der Waals surface area (Å²) in [4.78, 5) is 0. The number of ether oxygens (including phenoxy) is 5. The molecule has 6 nitrogen and oxygen atoms in total. The van der Waals surface area contributed by atoms with Crippen LogP contribution in [0, 0.1) is 11.3 Å². The Hall–Kier alpha value is -2.91. The lowest BCUT2D eigenvalue weighted by atomic mass is 9.88. The van der Waals surface area contributed by atoms with E-state index in [4.69, 9.17) is 23.7 Å². The van der Waals surface area contributed by atoms with Crippen molar-refractivity contribution < 1.29 is 23.7 Å². The summed E-state index contributed by atoms with van der Waals surface area (Å²) in [6.07, 6.45) is 0. The Bertz CT molecular complexity index is 812. The first-order chi connectivity index (χ1) is 12.2. The van der Waals surface area contributed by atoms with Gasteiger partial charge in [0.25, 0.3) is 0 Å². The summed E-state index contributed by atoms with van der Waals surface area (Å²) < 4.78 is 26.8. The average Bonchev–Trinajstić information content (AvgIpc) is 3.09. The van der Waals surface area contributed by atoms with Crippen LogP contribution in [0.4, 0.5) is 0 Å². The fraction of sp³-hybridized carbons (Fsp3) is 0.316. The van der Waals surface area contributed by atoms with E-state index in [-0.39, 0.29) is 6.79 Å². The Morgan fingerprint density at radius 3 is 2.40 bits per heavy atom. The van der Waals surface area contributed by atoms with Gasteiger partial charge in [0.2, 0.25) is 6.79 Å². The van der Waals surface area contributed by atoms with Crippen molar-refractivity contribution in [3.8, 4) is 29.1 Å². The van der Waals surface area contributed by atoms with Crippen LogP contribution in [0.2, 0.25) is 0 Å². The van der Waals surface area contributed by atoms with Crippen molar-refractivity contribution in [3.05, 3.63) is 47.0 Å². The second-order valence-electron chi connectivity index (χ2n) is 5.51. The number of benzene rings is 2. The summed E-state index contributed by atoms with van der Waals surface area (Å²) in [5, 5.41) is 9.83. The molecule has 1 heterocycles. The van der Waals surface area contributed by atoms with Gasteiger partial charge in [-0.2, -0.15) is 5.26 Å². The highest BCUT2D eigenvalue weighted by Gasteiger charge is 2.24. The Morgan fingerprint density at radius 1 is 1.04 bits per heavy atom. The molecule has 0 aromatic heterocycles. The molecule has 0 bridgehead atoms. The third-order valence-corrected chi connectivity index (χ3v) is 4.12. The predicted molar refractivity (Wildman–Crippen MR) is 90.3 cm³/mol. The van der Waals surface area contributed by atoms with Crippen LogP contribution in [0.1, 0.15) is 22.6 Å². The highest BCUT2D eigenvalue weighted by molar-refractivity contribution is 5.55. The lowest BCUT2D eigenvalue weighted by Crippen LogP contribution is -2.05. The monoisotopic (exact) mass is 341 g/mol. The first-order valence-electron chi connectivity index (χ1n) is 7.74. The minimum atomic E-state index is -0.501. The van der Waals surface area contributed by atoms with E-state index in [1.165, 1.54) is 0 Å². The molecule has 0 aliphatic carbocycles. The molecule has 6 heteroatoms. The molecular weight excluding hydrogens is 322 g/mol. The molecule has 0 radical (unpaired) electrons. The van der Waals surface area contributed by atoms with Crippen LogP contribution in [-0.2, 0) is 11.3 Å². The van der Waals surface area contributed by atoms with Gasteiger partial charge < -0.3 is 23.7 Å². The zero-order chi connectivity index (χ0) is 17.8. The van der Waals surface area contributed by atoms with E-state index in [0.717, 1.165) is 16.7 Å². The van der Waals surface area contributed by atoms with E-state index < -0.39 is 5.92 Å². The van der Waals surface area contributed by atoms with E-state index >= 15 is 0 Å². The van der Waals surface area contributed by atoms with E-state index in [9.17, 15) is 5.26 Å². The second kappa shape index (κ2) is 7.32. The number of nitrogens with zero attached hydrogens (tertiary/aromatic N) is 1. The Kier molecular flexibility index (Phi) is 4.96. The van der Waals surface area contributed by atoms with E-state index in [0.29, 0.717) is 29.6 Å². The van der Waals surface area contributed by atoms with Gasteiger partial charge in [-0.15, -0.1) is 0 Å². The number of hydrogen-bond acceptors (Lipinski definition) is 6. The molecule has 0 saturated carbocycles. The molecule has 0 fully saturated rings. The summed E-state index contributed by atoms with van der Waals surface area (Å²) in [5.74, 6) is 2.00. The molecule has 1 unspecified atom stereocenters. The normalized spacial score (nSPS) is 13.2. The summed E-state index contributed by atoms with van der Waals surface area (Å²) in [7, 11) is 4.76. The second-order valence-corrected chi connectivity index (χ2v) is 5.51. The van der Waals surface area contributed by atoms with E-state index in [1.807, 2.05) is 24.3 Å². The number of rotatable bonds is 6. The largest absolute Gasteiger partial charge is 0.493 e. The quantitative estimate of drug-likeness (QED) is 0.803. The lowest BCUT2D eigenvalue weighted by Gasteiger charge is -2.17. The third-order valence-electron chi connectivity index (χ3n) is 4.12. The minimum Gasteiger partial charge on any atom is -0.493 e. The van der Waals surface area contributed by atoms with Gasteiger partial charge >= 0.3 is 0 Å². The molecule has 25 heavy (non-hydrogen) atoms. The van der Waals surface area contributed by atoms with Crippen LogP contribution in [0.25, 0.3) is 0 Å². The van der Waals surface area contributed by atoms with Gasteiger partial charge in [-0.25, -0.2) is 0 Å². The van der Waals surface area contributed by atoms with Crippen molar-refractivity contribution in [1.82, 2.24) is 0 Å². The van der Waals surface area contributed by atoms with Crippen molar-refractivity contribution in [2.45, 2.75) is 12.5 Å². The molecule has 130 valence electrons.